The van der Waals surface area contributed by atoms with Crippen molar-refractivity contribution in [1.82, 2.24) is 15.2 Å². The molecule has 7 heteroatoms. The smallest absolute Gasteiger partial charge is 0.199 e. The highest BCUT2D eigenvalue weighted by molar-refractivity contribution is 7.99. The number of fused-ring (bicyclic) bond motifs is 1. The molecule has 2 aromatic carbocycles. The van der Waals surface area contributed by atoms with Crippen LogP contribution in [-0.4, -0.2) is 28.4 Å². The molecule has 1 N–H and O–H groups in total. The topological polar surface area (TPSA) is 63.9 Å². The van der Waals surface area contributed by atoms with E-state index in [2.05, 4.69) is 22.3 Å². The third-order valence-electron chi connectivity index (χ3n) is 4.92. The molecule has 142 valence electrons. The third kappa shape index (κ3) is 3.55. The van der Waals surface area contributed by atoms with Gasteiger partial charge in [-0.3, -0.25) is 5.10 Å². The van der Waals surface area contributed by atoms with Crippen LogP contribution in [0.25, 0.3) is 22.2 Å². The van der Waals surface area contributed by atoms with Gasteiger partial charge in [0.15, 0.2) is 11.0 Å². The lowest BCUT2D eigenvalue weighted by atomic mass is 10.0. The van der Waals surface area contributed by atoms with Crippen LogP contribution < -0.4 is 0 Å². The summed E-state index contributed by atoms with van der Waals surface area (Å²) in [6.07, 6.45) is 3.70. The second kappa shape index (κ2) is 7.62. The van der Waals surface area contributed by atoms with Gasteiger partial charge in [0.05, 0.1) is 11.7 Å². The maximum absolute atomic E-state index is 6.28. The largest absolute Gasteiger partial charge is 0.433 e. The van der Waals surface area contributed by atoms with Crippen LogP contribution in [-0.2, 0) is 4.74 Å². The summed E-state index contributed by atoms with van der Waals surface area (Å²) in [6, 6.07) is 13.9. The summed E-state index contributed by atoms with van der Waals surface area (Å²) in [5, 5.41) is 9.67. The number of ether oxygens (including phenoxy) is 1. The minimum absolute atomic E-state index is 0.296. The van der Waals surface area contributed by atoms with Crippen molar-refractivity contribution < 1.29 is 9.15 Å². The molecule has 0 radical (unpaired) electrons. The molecule has 1 saturated heterocycles. The van der Waals surface area contributed by atoms with Crippen LogP contribution in [0.15, 0.2) is 63.1 Å². The molecule has 1 aliphatic heterocycles. The lowest BCUT2D eigenvalue weighted by Gasteiger charge is -2.18. The molecule has 3 heterocycles. The summed E-state index contributed by atoms with van der Waals surface area (Å²) in [5.74, 6) is 1.09. The Kier molecular flexibility index (Phi) is 4.84. The van der Waals surface area contributed by atoms with Gasteiger partial charge >= 0.3 is 0 Å². The van der Waals surface area contributed by atoms with Crippen LogP contribution in [0, 0.1) is 0 Å². The Morgan fingerprint density at radius 3 is 2.71 bits per heavy atom. The second-order valence-corrected chi connectivity index (χ2v) is 8.29. The summed E-state index contributed by atoms with van der Waals surface area (Å²) in [6.45, 7) is 1.51. The zero-order valence-electron chi connectivity index (χ0n) is 15.0. The number of oxazole rings is 1. The van der Waals surface area contributed by atoms with E-state index >= 15 is 0 Å². The number of halogens is 1. The average molecular weight is 412 g/mol. The van der Waals surface area contributed by atoms with Gasteiger partial charge in [0.1, 0.15) is 5.69 Å². The van der Waals surface area contributed by atoms with E-state index in [1.165, 1.54) is 0 Å². The first-order valence-electron chi connectivity index (χ1n) is 9.22. The summed E-state index contributed by atoms with van der Waals surface area (Å²) in [7, 11) is 0. The van der Waals surface area contributed by atoms with Crippen LogP contribution in [0.2, 0.25) is 5.02 Å². The van der Waals surface area contributed by atoms with E-state index in [0.717, 1.165) is 69.1 Å². The van der Waals surface area contributed by atoms with Gasteiger partial charge in [-0.25, -0.2) is 4.98 Å². The normalized spacial score (nSPS) is 15.3. The number of hydrogen-bond donors (Lipinski definition) is 1. The van der Waals surface area contributed by atoms with Crippen LogP contribution in [0.5, 0.6) is 0 Å². The molecule has 1 fully saturated rings. The molecule has 1 aliphatic rings. The Labute approximate surface area is 171 Å². The molecule has 28 heavy (non-hydrogen) atoms. The molecule has 5 nitrogen and oxygen atoms in total. The van der Waals surface area contributed by atoms with E-state index in [9.17, 15) is 0 Å². The van der Waals surface area contributed by atoms with Gasteiger partial charge in [0.25, 0.3) is 0 Å². The van der Waals surface area contributed by atoms with Crippen LogP contribution >= 0.6 is 23.4 Å². The SMILES string of the molecule is Clc1ccc(Sc2oc(C3CCOCC3)nc2-c2ccc3[nH]ncc3c2)cc1. The predicted molar refractivity (Wildman–Crippen MR) is 110 cm³/mol. The maximum atomic E-state index is 6.28. The third-order valence-corrected chi connectivity index (χ3v) is 6.14. The molecular weight excluding hydrogens is 394 g/mol. The van der Waals surface area contributed by atoms with Crippen molar-refractivity contribution in [2.75, 3.05) is 13.2 Å². The first kappa shape index (κ1) is 17.8. The number of nitrogens with one attached hydrogen (secondary N) is 1. The highest BCUT2D eigenvalue weighted by Crippen LogP contribution is 2.40. The van der Waals surface area contributed by atoms with Crippen molar-refractivity contribution in [3.63, 3.8) is 0 Å². The van der Waals surface area contributed by atoms with Crippen molar-refractivity contribution in [2.24, 2.45) is 0 Å². The molecule has 0 aliphatic carbocycles. The van der Waals surface area contributed by atoms with Gasteiger partial charge in [0, 0.05) is 40.0 Å². The zero-order valence-corrected chi connectivity index (χ0v) is 16.6. The number of hydrogen-bond acceptors (Lipinski definition) is 5. The summed E-state index contributed by atoms with van der Waals surface area (Å²) < 4.78 is 11.8. The van der Waals surface area contributed by atoms with Crippen molar-refractivity contribution in [3.05, 3.63) is 59.6 Å². The fourth-order valence-corrected chi connectivity index (χ4v) is 4.39. The number of nitrogens with zero attached hydrogens (tertiary/aromatic N) is 2. The first-order chi connectivity index (χ1) is 13.8. The van der Waals surface area contributed by atoms with Gasteiger partial charge in [-0.2, -0.15) is 5.10 Å². The van der Waals surface area contributed by atoms with Crippen molar-refractivity contribution in [3.8, 4) is 11.3 Å². The fourth-order valence-electron chi connectivity index (χ4n) is 3.39. The van der Waals surface area contributed by atoms with Gasteiger partial charge in [0.2, 0.25) is 0 Å². The minimum Gasteiger partial charge on any atom is -0.433 e. The van der Waals surface area contributed by atoms with E-state index in [4.69, 9.17) is 25.7 Å². The molecule has 0 bridgehead atoms. The molecule has 0 amide bonds. The highest BCUT2D eigenvalue weighted by Gasteiger charge is 2.25. The lowest BCUT2D eigenvalue weighted by molar-refractivity contribution is 0.0786. The van der Waals surface area contributed by atoms with Crippen molar-refractivity contribution in [2.45, 2.75) is 28.7 Å². The van der Waals surface area contributed by atoms with Crippen molar-refractivity contribution in [1.29, 1.82) is 0 Å². The highest BCUT2D eigenvalue weighted by atomic mass is 35.5. The molecule has 0 atom stereocenters. The zero-order chi connectivity index (χ0) is 18.9. The van der Waals surface area contributed by atoms with E-state index in [1.54, 1.807) is 11.8 Å². The first-order valence-corrected chi connectivity index (χ1v) is 10.4. The molecule has 2 aromatic heterocycles. The maximum Gasteiger partial charge on any atom is 0.199 e. The van der Waals surface area contributed by atoms with Crippen molar-refractivity contribution >= 4 is 34.3 Å². The van der Waals surface area contributed by atoms with Gasteiger partial charge < -0.3 is 9.15 Å². The molecular formula is C21H18ClN3O2S. The molecule has 0 saturated carbocycles. The number of aromatic nitrogens is 3. The standard InChI is InChI=1S/C21H18ClN3O2S/c22-16-2-4-17(5-3-16)28-21-19(14-1-6-18-15(11-14)12-23-25-18)24-20(27-21)13-7-9-26-10-8-13/h1-6,11-13H,7-10H2,(H,23,25). The number of H-pyrrole nitrogens is 1. The Morgan fingerprint density at radius 1 is 1.07 bits per heavy atom. The fraction of sp³-hybridized carbons (Fsp3) is 0.238. The van der Waals surface area contributed by atoms with E-state index < -0.39 is 0 Å². The monoisotopic (exact) mass is 411 g/mol. The molecule has 0 unspecified atom stereocenters. The summed E-state index contributed by atoms with van der Waals surface area (Å²) >= 11 is 7.59. The minimum atomic E-state index is 0.296. The Balaban J connectivity index is 1.56. The predicted octanol–water partition coefficient (Wildman–Crippen LogP) is 5.92. The summed E-state index contributed by atoms with van der Waals surface area (Å²) in [4.78, 5) is 5.97. The number of benzene rings is 2. The van der Waals surface area contributed by atoms with Gasteiger partial charge in [-0.1, -0.05) is 17.7 Å². The Morgan fingerprint density at radius 2 is 1.89 bits per heavy atom. The van der Waals surface area contributed by atoms with Crippen LogP contribution in [0.4, 0.5) is 0 Å². The van der Waals surface area contributed by atoms with E-state index in [1.807, 2.05) is 36.5 Å². The van der Waals surface area contributed by atoms with Crippen LogP contribution in [0.3, 0.4) is 0 Å². The molecule has 5 rings (SSSR count). The Hall–Kier alpha value is -2.28. The Bertz CT molecular complexity index is 1100. The van der Waals surface area contributed by atoms with E-state index in [0.29, 0.717) is 5.92 Å². The summed E-state index contributed by atoms with van der Waals surface area (Å²) in [5.41, 5.74) is 2.89. The van der Waals surface area contributed by atoms with Gasteiger partial charge in [-0.15, -0.1) is 0 Å². The van der Waals surface area contributed by atoms with Gasteiger partial charge in [-0.05, 0) is 61.0 Å². The quantitative estimate of drug-likeness (QED) is 0.451. The lowest BCUT2D eigenvalue weighted by Crippen LogP contribution is -2.14. The second-order valence-electron chi connectivity index (χ2n) is 6.80. The number of aromatic amines is 1. The van der Waals surface area contributed by atoms with E-state index in [-0.39, 0.29) is 0 Å². The number of rotatable bonds is 4. The molecule has 4 aromatic rings. The molecule has 0 spiro atoms. The average Bonchev–Trinajstić information content (AvgIpc) is 3.37. The van der Waals surface area contributed by atoms with Crippen LogP contribution in [0.1, 0.15) is 24.7 Å².